The molecule has 1 N–H and O–H groups in total. The number of carbonyl (C=O) groups excluding carboxylic acids is 2. The second kappa shape index (κ2) is 12.3. The smallest absolute Gasteiger partial charge is 0.408 e. The van der Waals surface area contributed by atoms with E-state index in [-0.39, 0.29) is 17.4 Å². The maximum absolute atomic E-state index is 13.5. The van der Waals surface area contributed by atoms with Crippen LogP contribution < -0.4 is 14.8 Å². The largest absolute Gasteiger partial charge is 0.497 e. The van der Waals surface area contributed by atoms with Crippen molar-refractivity contribution in [3.05, 3.63) is 59.7 Å². The minimum atomic E-state index is -0.578. The van der Waals surface area contributed by atoms with E-state index in [0.717, 1.165) is 68.1 Å². The van der Waals surface area contributed by atoms with Crippen LogP contribution in [0.4, 0.5) is 4.79 Å². The number of rotatable bonds is 9. The first-order chi connectivity index (χ1) is 18.6. The van der Waals surface area contributed by atoms with Crippen molar-refractivity contribution >= 4 is 12.0 Å². The summed E-state index contributed by atoms with van der Waals surface area (Å²) >= 11 is 0. The predicted octanol–water partition coefficient (Wildman–Crippen LogP) is 5.17. The SMILES string of the molecule is COc1ccc(CN2CCC3(CCN(CCC(NC(=O)OC(C)(C)C)c4ccccc4OC)CC3)C2=O)cc1. The first kappa shape index (κ1) is 28.7. The first-order valence-corrected chi connectivity index (χ1v) is 13.9. The number of alkyl carbamates (subject to hydrolysis) is 1. The molecule has 2 aromatic carbocycles. The maximum atomic E-state index is 13.5. The number of ether oxygens (including phenoxy) is 3. The lowest BCUT2D eigenvalue weighted by Crippen LogP contribution is -2.45. The number of likely N-dealkylation sites (tertiary alicyclic amines) is 2. The molecule has 0 radical (unpaired) electrons. The molecule has 2 aliphatic rings. The molecule has 0 bridgehead atoms. The summed E-state index contributed by atoms with van der Waals surface area (Å²) in [7, 11) is 3.30. The van der Waals surface area contributed by atoms with Gasteiger partial charge < -0.3 is 29.3 Å². The number of piperidine rings is 1. The number of para-hydroxylation sites is 1. The number of benzene rings is 2. The number of amides is 2. The van der Waals surface area contributed by atoms with E-state index in [1.54, 1.807) is 14.2 Å². The van der Waals surface area contributed by atoms with Gasteiger partial charge in [0.15, 0.2) is 0 Å². The molecule has 0 saturated carbocycles. The third-order valence-corrected chi connectivity index (χ3v) is 7.89. The number of carbonyl (C=O) groups is 2. The summed E-state index contributed by atoms with van der Waals surface area (Å²) in [6.07, 6.45) is 2.92. The molecule has 1 spiro atoms. The molecule has 2 aliphatic heterocycles. The third-order valence-electron chi connectivity index (χ3n) is 7.89. The average Bonchev–Trinajstić information content (AvgIpc) is 3.21. The Morgan fingerprint density at radius 2 is 1.64 bits per heavy atom. The number of nitrogens with zero attached hydrogens (tertiary/aromatic N) is 2. The van der Waals surface area contributed by atoms with Gasteiger partial charge in [-0.15, -0.1) is 0 Å². The average molecular weight is 538 g/mol. The molecular weight excluding hydrogens is 494 g/mol. The lowest BCUT2D eigenvalue weighted by Gasteiger charge is -2.38. The van der Waals surface area contributed by atoms with E-state index in [2.05, 4.69) is 10.2 Å². The van der Waals surface area contributed by atoms with Crippen molar-refractivity contribution in [2.45, 2.75) is 64.6 Å². The van der Waals surface area contributed by atoms with Crippen LogP contribution in [0, 0.1) is 5.41 Å². The van der Waals surface area contributed by atoms with E-state index in [1.165, 1.54) is 0 Å². The van der Waals surface area contributed by atoms with Crippen LogP contribution in [-0.4, -0.2) is 67.8 Å². The van der Waals surface area contributed by atoms with Gasteiger partial charge in [-0.05, 0) is 83.3 Å². The summed E-state index contributed by atoms with van der Waals surface area (Å²) in [5.74, 6) is 1.85. The molecule has 0 aliphatic carbocycles. The number of methoxy groups -OCH3 is 2. The van der Waals surface area contributed by atoms with Gasteiger partial charge in [-0.1, -0.05) is 30.3 Å². The molecule has 1 unspecified atom stereocenters. The summed E-state index contributed by atoms with van der Waals surface area (Å²) in [6, 6.07) is 15.5. The highest BCUT2D eigenvalue weighted by Crippen LogP contribution is 2.42. The Morgan fingerprint density at radius 3 is 2.28 bits per heavy atom. The molecule has 39 heavy (non-hydrogen) atoms. The third kappa shape index (κ3) is 7.24. The van der Waals surface area contributed by atoms with Crippen molar-refractivity contribution in [3.63, 3.8) is 0 Å². The fourth-order valence-corrected chi connectivity index (χ4v) is 5.68. The first-order valence-electron chi connectivity index (χ1n) is 13.9. The summed E-state index contributed by atoms with van der Waals surface area (Å²) in [6.45, 7) is 9.56. The molecule has 8 nitrogen and oxygen atoms in total. The Labute approximate surface area is 232 Å². The molecule has 2 saturated heterocycles. The number of nitrogens with one attached hydrogen (secondary N) is 1. The number of hydrogen-bond acceptors (Lipinski definition) is 6. The topological polar surface area (TPSA) is 80.3 Å². The van der Waals surface area contributed by atoms with Crippen molar-refractivity contribution in [1.29, 1.82) is 0 Å². The summed E-state index contributed by atoms with van der Waals surface area (Å²) < 4.78 is 16.4. The van der Waals surface area contributed by atoms with Crippen molar-refractivity contribution in [2.75, 3.05) is 40.4 Å². The van der Waals surface area contributed by atoms with Crippen molar-refractivity contribution in [2.24, 2.45) is 5.41 Å². The van der Waals surface area contributed by atoms with Crippen molar-refractivity contribution in [3.8, 4) is 11.5 Å². The van der Waals surface area contributed by atoms with Crippen LogP contribution in [0.1, 0.15) is 63.6 Å². The molecule has 2 heterocycles. The maximum Gasteiger partial charge on any atom is 0.408 e. The normalized spacial score (nSPS) is 18.2. The van der Waals surface area contributed by atoms with Crippen LogP contribution in [0.25, 0.3) is 0 Å². The predicted molar refractivity (Wildman–Crippen MR) is 151 cm³/mol. The van der Waals surface area contributed by atoms with E-state index >= 15 is 0 Å². The van der Waals surface area contributed by atoms with E-state index in [9.17, 15) is 9.59 Å². The molecule has 4 rings (SSSR count). The molecule has 2 amide bonds. The quantitative estimate of drug-likeness (QED) is 0.475. The van der Waals surface area contributed by atoms with E-state index in [1.807, 2.05) is 74.2 Å². The zero-order chi connectivity index (χ0) is 28.0. The van der Waals surface area contributed by atoms with Gasteiger partial charge >= 0.3 is 6.09 Å². The van der Waals surface area contributed by atoms with Crippen LogP contribution in [0.3, 0.4) is 0 Å². The summed E-state index contributed by atoms with van der Waals surface area (Å²) in [5, 5.41) is 3.06. The van der Waals surface area contributed by atoms with E-state index in [4.69, 9.17) is 14.2 Å². The van der Waals surface area contributed by atoms with Crippen LogP contribution in [0.15, 0.2) is 48.5 Å². The lowest BCUT2D eigenvalue weighted by atomic mass is 9.77. The van der Waals surface area contributed by atoms with Gasteiger partial charge in [-0.3, -0.25) is 4.79 Å². The van der Waals surface area contributed by atoms with Gasteiger partial charge in [0.2, 0.25) is 5.91 Å². The van der Waals surface area contributed by atoms with Gasteiger partial charge in [0.1, 0.15) is 17.1 Å². The Balaban J connectivity index is 1.34. The second-order valence-corrected chi connectivity index (χ2v) is 11.7. The van der Waals surface area contributed by atoms with Crippen molar-refractivity contribution < 1.29 is 23.8 Å². The standard InChI is InChI=1S/C31H43N3O5/c1-30(2,3)39-29(36)32-26(25-8-6-7-9-27(25)38-5)14-18-33-19-15-31(16-20-33)17-21-34(28(31)35)22-23-10-12-24(37-4)13-11-23/h6-13,26H,14-22H2,1-5H3,(H,32,36). The fourth-order valence-electron chi connectivity index (χ4n) is 5.68. The Bertz CT molecular complexity index is 1120. The van der Waals surface area contributed by atoms with E-state index in [0.29, 0.717) is 13.0 Å². The molecular formula is C31H43N3O5. The zero-order valence-electron chi connectivity index (χ0n) is 24.0. The van der Waals surface area contributed by atoms with Crippen LogP contribution in [-0.2, 0) is 16.1 Å². The number of hydrogen-bond donors (Lipinski definition) is 1. The monoisotopic (exact) mass is 537 g/mol. The highest BCUT2D eigenvalue weighted by molar-refractivity contribution is 5.85. The van der Waals surface area contributed by atoms with Gasteiger partial charge in [0, 0.05) is 25.2 Å². The molecule has 2 fully saturated rings. The highest BCUT2D eigenvalue weighted by atomic mass is 16.6. The second-order valence-electron chi connectivity index (χ2n) is 11.7. The summed E-state index contributed by atoms with van der Waals surface area (Å²) in [5.41, 5.74) is 1.23. The van der Waals surface area contributed by atoms with Gasteiger partial charge in [0.25, 0.3) is 0 Å². The lowest BCUT2D eigenvalue weighted by molar-refractivity contribution is -0.138. The molecule has 1 atom stereocenters. The van der Waals surface area contributed by atoms with E-state index < -0.39 is 11.7 Å². The zero-order valence-corrected chi connectivity index (χ0v) is 24.0. The van der Waals surface area contributed by atoms with Crippen LogP contribution >= 0.6 is 0 Å². The molecule has 212 valence electrons. The van der Waals surface area contributed by atoms with Gasteiger partial charge in [-0.2, -0.15) is 0 Å². The minimum absolute atomic E-state index is 0.250. The summed E-state index contributed by atoms with van der Waals surface area (Å²) in [4.78, 5) is 30.6. The Kier molecular flexibility index (Phi) is 9.05. The minimum Gasteiger partial charge on any atom is -0.497 e. The van der Waals surface area contributed by atoms with Gasteiger partial charge in [-0.25, -0.2) is 4.79 Å². The van der Waals surface area contributed by atoms with Crippen molar-refractivity contribution in [1.82, 2.24) is 15.1 Å². The fraction of sp³-hybridized carbons (Fsp3) is 0.548. The molecule has 8 heteroatoms. The van der Waals surface area contributed by atoms with Gasteiger partial charge in [0.05, 0.1) is 25.7 Å². The Morgan fingerprint density at radius 1 is 0.974 bits per heavy atom. The molecule has 2 aromatic rings. The Hall–Kier alpha value is -3.26. The highest BCUT2D eigenvalue weighted by Gasteiger charge is 2.47. The van der Waals surface area contributed by atoms with Crippen LogP contribution in [0.2, 0.25) is 0 Å². The van der Waals surface area contributed by atoms with Crippen LogP contribution in [0.5, 0.6) is 11.5 Å². The molecule has 0 aromatic heterocycles.